The number of aromatic amines is 1. The van der Waals surface area contributed by atoms with Gasteiger partial charge in [0.2, 0.25) is 0 Å². The summed E-state index contributed by atoms with van der Waals surface area (Å²) in [6, 6.07) is 7.54. The van der Waals surface area contributed by atoms with Gasteiger partial charge in [0.1, 0.15) is 0 Å². The van der Waals surface area contributed by atoms with Crippen LogP contribution in [0.25, 0.3) is 10.9 Å². The number of hydrogen-bond acceptors (Lipinski definition) is 4. The van der Waals surface area contributed by atoms with Crippen molar-refractivity contribution in [1.82, 2.24) is 15.1 Å². The zero-order valence-corrected chi connectivity index (χ0v) is 12.5. The third kappa shape index (κ3) is 2.68. The van der Waals surface area contributed by atoms with Crippen LogP contribution in [-0.2, 0) is 9.53 Å². The Morgan fingerprint density at radius 1 is 1.41 bits per heavy atom. The highest BCUT2D eigenvalue weighted by molar-refractivity contribution is 6.04. The largest absolute Gasteiger partial charge is 0.466 e. The molecule has 22 heavy (non-hydrogen) atoms. The number of H-pyrrole nitrogens is 1. The van der Waals surface area contributed by atoms with Crippen molar-refractivity contribution in [2.24, 2.45) is 5.92 Å². The Labute approximate surface area is 128 Å². The van der Waals surface area contributed by atoms with Gasteiger partial charge in [-0.05, 0) is 25.8 Å². The van der Waals surface area contributed by atoms with Crippen LogP contribution in [0.2, 0.25) is 0 Å². The third-order valence-corrected chi connectivity index (χ3v) is 4.00. The van der Waals surface area contributed by atoms with Gasteiger partial charge >= 0.3 is 5.97 Å². The first-order chi connectivity index (χ1) is 10.7. The standard InChI is InChI=1S/C16H19N3O3/c1-2-22-16(21)11-6-5-9-19(10-11)15(20)14-12-7-3-4-8-13(12)17-18-14/h3-4,7-8,11H,2,5-6,9-10H2,1H3,(H,17,18). The lowest BCUT2D eigenvalue weighted by Crippen LogP contribution is -2.43. The third-order valence-electron chi connectivity index (χ3n) is 4.00. The SMILES string of the molecule is CCOC(=O)C1CCCN(C(=O)c2n[nH]c3ccccc23)C1. The van der Waals surface area contributed by atoms with Crippen molar-refractivity contribution in [2.45, 2.75) is 19.8 Å². The van der Waals surface area contributed by atoms with E-state index in [1.807, 2.05) is 24.3 Å². The van der Waals surface area contributed by atoms with Gasteiger partial charge in [0.15, 0.2) is 5.69 Å². The maximum absolute atomic E-state index is 12.7. The molecule has 6 heteroatoms. The molecule has 1 amide bonds. The number of carbonyl (C=O) groups is 2. The summed E-state index contributed by atoms with van der Waals surface area (Å²) in [4.78, 5) is 26.3. The van der Waals surface area contributed by atoms with Crippen LogP contribution in [0, 0.1) is 5.92 Å². The van der Waals surface area contributed by atoms with E-state index < -0.39 is 0 Å². The van der Waals surface area contributed by atoms with E-state index in [0.29, 0.717) is 25.4 Å². The average molecular weight is 301 g/mol. The van der Waals surface area contributed by atoms with E-state index in [4.69, 9.17) is 4.74 Å². The molecular formula is C16H19N3O3. The summed E-state index contributed by atoms with van der Waals surface area (Å²) in [7, 11) is 0. The number of nitrogens with zero attached hydrogens (tertiary/aromatic N) is 2. The topological polar surface area (TPSA) is 75.3 Å². The lowest BCUT2D eigenvalue weighted by atomic mass is 9.98. The molecule has 1 aliphatic rings. The summed E-state index contributed by atoms with van der Waals surface area (Å²) < 4.78 is 5.07. The van der Waals surface area contributed by atoms with Crippen LogP contribution >= 0.6 is 0 Å². The minimum atomic E-state index is -0.233. The summed E-state index contributed by atoms with van der Waals surface area (Å²) in [6.07, 6.45) is 1.57. The van der Waals surface area contributed by atoms with Gasteiger partial charge in [-0.1, -0.05) is 18.2 Å². The second-order valence-corrected chi connectivity index (χ2v) is 5.46. The van der Waals surface area contributed by atoms with Crippen LogP contribution in [0.3, 0.4) is 0 Å². The van der Waals surface area contributed by atoms with Crippen molar-refractivity contribution in [2.75, 3.05) is 19.7 Å². The predicted octanol–water partition coefficient (Wildman–Crippen LogP) is 1.98. The van der Waals surface area contributed by atoms with Crippen LogP contribution in [0.4, 0.5) is 0 Å². The Hall–Kier alpha value is -2.37. The van der Waals surface area contributed by atoms with E-state index in [-0.39, 0.29) is 17.8 Å². The van der Waals surface area contributed by atoms with E-state index >= 15 is 0 Å². The Balaban J connectivity index is 1.78. The van der Waals surface area contributed by atoms with Crippen LogP contribution in [0.5, 0.6) is 0 Å². The second kappa shape index (κ2) is 6.17. The molecule has 3 rings (SSSR count). The van der Waals surface area contributed by atoms with Gasteiger partial charge in [-0.15, -0.1) is 0 Å². The quantitative estimate of drug-likeness (QED) is 0.880. The van der Waals surface area contributed by atoms with Crippen LogP contribution in [0.15, 0.2) is 24.3 Å². The van der Waals surface area contributed by atoms with E-state index in [0.717, 1.165) is 23.7 Å². The summed E-state index contributed by atoms with van der Waals surface area (Å²) in [5.41, 5.74) is 1.25. The van der Waals surface area contributed by atoms with Crippen molar-refractivity contribution >= 4 is 22.8 Å². The first-order valence-corrected chi connectivity index (χ1v) is 7.59. The van der Waals surface area contributed by atoms with Crippen molar-refractivity contribution in [3.8, 4) is 0 Å². The van der Waals surface area contributed by atoms with Crippen molar-refractivity contribution in [3.63, 3.8) is 0 Å². The number of benzene rings is 1. The zero-order valence-electron chi connectivity index (χ0n) is 12.5. The molecule has 0 radical (unpaired) electrons. The van der Waals surface area contributed by atoms with Gasteiger partial charge in [-0.25, -0.2) is 0 Å². The van der Waals surface area contributed by atoms with Crippen molar-refractivity contribution in [1.29, 1.82) is 0 Å². The van der Waals surface area contributed by atoms with Crippen LogP contribution < -0.4 is 0 Å². The molecule has 1 aromatic heterocycles. The molecule has 116 valence electrons. The molecule has 1 unspecified atom stereocenters. The Morgan fingerprint density at radius 2 is 2.23 bits per heavy atom. The fourth-order valence-corrected chi connectivity index (χ4v) is 2.89. The Morgan fingerprint density at radius 3 is 3.05 bits per heavy atom. The molecule has 0 saturated carbocycles. The Bertz CT molecular complexity index is 695. The van der Waals surface area contributed by atoms with E-state index in [1.54, 1.807) is 11.8 Å². The summed E-state index contributed by atoms with van der Waals surface area (Å²) in [5.74, 6) is -0.582. The number of ether oxygens (including phenoxy) is 1. The molecule has 6 nitrogen and oxygen atoms in total. The normalized spacial score (nSPS) is 18.4. The van der Waals surface area contributed by atoms with Gasteiger partial charge < -0.3 is 9.64 Å². The van der Waals surface area contributed by atoms with Gasteiger partial charge in [-0.3, -0.25) is 14.7 Å². The molecule has 1 fully saturated rings. The van der Waals surface area contributed by atoms with E-state index in [2.05, 4.69) is 10.2 Å². The first kappa shape index (κ1) is 14.6. The smallest absolute Gasteiger partial charge is 0.310 e. The minimum Gasteiger partial charge on any atom is -0.466 e. The monoisotopic (exact) mass is 301 g/mol. The van der Waals surface area contributed by atoms with Gasteiger partial charge in [0, 0.05) is 18.5 Å². The molecule has 1 atom stereocenters. The van der Waals surface area contributed by atoms with E-state index in [1.165, 1.54) is 0 Å². The highest BCUT2D eigenvalue weighted by Gasteiger charge is 2.31. The number of hydrogen-bond donors (Lipinski definition) is 1. The number of rotatable bonds is 3. The summed E-state index contributed by atoms with van der Waals surface area (Å²) in [6.45, 7) is 3.21. The fourth-order valence-electron chi connectivity index (χ4n) is 2.89. The number of para-hydroxylation sites is 1. The molecular weight excluding hydrogens is 282 g/mol. The van der Waals surface area contributed by atoms with Gasteiger partial charge in [-0.2, -0.15) is 5.10 Å². The molecule has 1 saturated heterocycles. The van der Waals surface area contributed by atoms with Crippen LogP contribution in [0.1, 0.15) is 30.3 Å². The molecule has 0 aliphatic carbocycles. The number of piperidine rings is 1. The number of amides is 1. The van der Waals surface area contributed by atoms with E-state index in [9.17, 15) is 9.59 Å². The number of nitrogens with one attached hydrogen (secondary N) is 1. The Kier molecular flexibility index (Phi) is 4.09. The molecule has 2 heterocycles. The lowest BCUT2D eigenvalue weighted by molar-refractivity contribution is -0.149. The number of aromatic nitrogens is 2. The molecule has 1 aliphatic heterocycles. The first-order valence-electron chi connectivity index (χ1n) is 7.59. The highest BCUT2D eigenvalue weighted by atomic mass is 16.5. The summed E-state index contributed by atoms with van der Waals surface area (Å²) in [5, 5.41) is 7.83. The summed E-state index contributed by atoms with van der Waals surface area (Å²) >= 11 is 0. The van der Waals surface area contributed by atoms with Crippen molar-refractivity contribution in [3.05, 3.63) is 30.0 Å². The molecule has 2 aromatic rings. The molecule has 1 aromatic carbocycles. The lowest BCUT2D eigenvalue weighted by Gasteiger charge is -2.31. The molecule has 0 bridgehead atoms. The zero-order chi connectivity index (χ0) is 15.5. The maximum Gasteiger partial charge on any atom is 0.310 e. The van der Waals surface area contributed by atoms with Gasteiger partial charge in [0.05, 0.1) is 18.0 Å². The number of carbonyl (C=O) groups excluding carboxylic acids is 2. The predicted molar refractivity (Wildman–Crippen MR) is 81.4 cm³/mol. The van der Waals surface area contributed by atoms with Gasteiger partial charge in [0.25, 0.3) is 5.91 Å². The number of fused-ring (bicyclic) bond motifs is 1. The number of likely N-dealkylation sites (tertiary alicyclic amines) is 1. The minimum absolute atomic E-state index is 0.133. The maximum atomic E-state index is 12.7. The average Bonchev–Trinajstić information content (AvgIpc) is 2.98. The molecule has 0 spiro atoms. The highest BCUT2D eigenvalue weighted by Crippen LogP contribution is 2.22. The number of esters is 1. The van der Waals surface area contributed by atoms with Crippen LogP contribution in [-0.4, -0.2) is 46.7 Å². The van der Waals surface area contributed by atoms with Crippen molar-refractivity contribution < 1.29 is 14.3 Å². The molecule has 1 N–H and O–H groups in total. The second-order valence-electron chi connectivity index (χ2n) is 5.46. The fraction of sp³-hybridized carbons (Fsp3) is 0.438.